The maximum absolute atomic E-state index is 11.4. The Morgan fingerprint density at radius 2 is 2.16 bits per heavy atom. The van der Waals surface area contributed by atoms with E-state index in [1.165, 1.54) is 11.1 Å². The lowest BCUT2D eigenvalue weighted by Crippen LogP contribution is -2.47. The first-order valence-electron chi connectivity index (χ1n) is 8.69. The van der Waals surface area contributed by atoms with Gasteiger partial charge in [-0.2, -0.15) is 0 Å². The average molecular weight is 339 g/mol. The van der Waals surface area contributed by atoms with E-state index in [2.05, 4.69) is 28.9 Å². The van der Waals surface area contributed by atoms with Crippen molar-refractivity contribution < 1.29 is 9.90 Å². The van der Waals surface area contributed by atoms with E-state index >= 15 is 0 Å². The van der Waals surface area contributed by atoms with Crippen LogP contribution in [0, 0.1) is 12.3 Å². The number of carbonyl (C=O) groups is 1. The van der Waals surface area contributed by atoms with Crippen molar-refractivity contribution in [3.8, 4) is 0 Å². The van der Waals surface area contributed by atoms with Crippen LogP contribution in [-0.2, 0) is 6.42 Å². The second kappa shape index (κ2) is 7.23. The molecule has 2 heterocycles. The smallest absolute Gasteiger partial charge is 0.248 e. The molecular formula is C20H25N3O2. The highest BCUT2D eigenvalue weighted by Gasteiger charge is 2.36. The summed E-state index contributed by atoms with van der Waals surface area (Å²) in [6, 6.07) is 11.7. The largest absolute Gasteiger partial charge is 0.396 e. The van der Waals surface area contributed by atoms with Crippen LogP contribution in [0.15, 0.2) is 42.6 Å². The number of anilines is 1. The molecule has 0 radical (unpaired) electrons. The number of primary amides is 1. The lowest BCUT2D eigenvalue weighted by atomic mass is 9.75. The van der Waals surface area contributed by atoms with Gasteiger partial charge in [-0.05, 0) is 49.4 Å². The number of amides is 1. The number of aliphatic hydroxyl groups is 1. The maximum Gasteiger partial charge on any atom is 0.248 e. The summed E-state index contributed by atoms with van der Waals surface area (Å²) >= 11 is 0. The number of aryl methyl sites for hydroxylation is 1. The molecule has 1 fully saturated rings. The van der Waals surface area contributed by atoms with Crippen molar-refractivity contribution in [3.05, 3.63) is 59.3 Å². The number of aliphatic hydroxyl groups excluding tert-OH is 1. The molecule has 5 heteroatoms. The summed E-state index contributed by atoms with van der Waals surface area (Å²) < 4.78 is 0. The molecule has 1 aromatic carbocycles. The Balaban J connectivity index is 1.84. The molecule has 1 aromatic heterocycles. The predicted molar refractivity (Wildman–Crippen MR) is 98.6 cm³/mol. The molecule has 3 rings (SSSR count). The van der Waals surface area contributed by atoms with Gasteiger partial charge in [0, 0.05) is 30.3 Å². The number of hydrogen-bond acceptors (Lipinski definition) is 4. The van der Waals surface area contributed by atoms with E-state index in [4.69, 9.17) is 5.73 Å². The first-order valence-corrected chi connectivity index (χ1v) is 8.69. The van der Waals surface area contributed by atoms with Crippen LogP contribution < -0.4 is 10.6 Å². The minimum Gasteiger partial charge on any atom is -0.396 e. The van der Waals surface area contributed by atoms with Gasteiger partial charge in [-0.15, -0.1) is 0 Å². The molecule has 1 atom stereocenters. The Hall–Kier alpha value is -2.40. The molecule has 5 nitrogen and oxygen atoms in total. The molecule has 1 aliphatic rings. The Kier molecular flexibility index (Phi) is 5.04. The number of carbonyl (C=O) groups excluding carboxylic acids is 1. The molecule has 0 bridgehead atoms. The van der Waals surface area contributed by atoms with Gasteiger partial charge in [0.1, 0.15) is 5.82 Å². The Bertz CT molecular complexity index is 762. The topological polar surface area (TPSA) is 79.5 Å². The summed E-state index contributed by atoms with van der Waals surface area (Å²) in [5, 5.41) is 10.2. The fourth-order valence-electron chi connectivity index (χ4n) is 3.69. The van der Waals surface area contributed by atoms with Crippen molar-refractivity contribution >= 4 is 11.7 Å². The van der Waals surface area contributed by atoms with Gasteiger partial charge in [0.05, 0.1) is 6.61 Å². The summed E-state index contributed by atoms with van der Waals surface area (Å²) in [5.74, 6) is 0.299. The van der Waals surface area contributed by atoms with Crippen LogP contribution in [0.2, 0.25) is 0 Å². The Labute approximate surface area is 148 Å². The van der Waals surface area contributed by atoms with E-state index in [0.717, 1.165) is 31.6 Å². The van der Waals surface area contributed by atoms with Gasteiger partial charge in [-0.25, -0.2) is 4.98 Å². The molecule has 1 amide bonds. The Morgan fingerprint density at radius 3 is 2.88 bits per heavy atom. The van der Waals surface area contributed by atoms with E-state index in [-0.39, 0.29) is 12.0 Å². The number of piperidine rings is 1. The van der Waals surface area contributed by atoms with Gasteiger partial charge in [-0.3, -0.25) is 4.79 Å². The predicted octanol–water partition coefficient (Wildman–Crippen LogP) is 2.31. The summed E-state index contributed by atoms with van der Waals surface area (Å²) in [4.78, 5) is 18.0. The monoisotopic (exact) mass is 339 g/mol. The molecule has 0 spiro atoms. The third-order valence-electron chi connectivity index (χ3n) is 5.18. The standard InChI is InChI=1S/C20H25N3O2/c1-15-5-2-3-6-17(15)12-20(14-24)8-4-10-23(13-20)18-11-16(19(21)25)7-9-22-18/h2-3,5-7,9,11,24H,4,8,10,12-14H2,1H3,(H2,21,25)/t20-/m0/s1. The quantitative estimate of drug-likeness (QED) is 0.876. The van der Waals surface area contributed by atoms with Crippen LogP contribution >= 0.6 is 0 Å². The highest BCUT2D eigenvalue weighted by atomic mass is 16.3. The normalized spacial score (nSPS) is 20.5. The van der Waals surface area contributed by atoms with Gasteiger partial charge < -0.3 is 15.7 Å². The molecule has 0 saturated carbocycles. The molecule has 132 valence electrons. The summed E-state index contributed by atoms with van der Waals surface area (Å²) in [7, 11) is 0. The molecule has 0 aliphatic carbocycles. The van der Waals surface area contributed by atoms with E-state index in [9.17, 15) is 9.90 Å². The highest BCUT2D eigenvalue weighted by Crippen LogP contribution is 2.35. The van der Waals surface area contributed by atoms with Crippen LogP contribution in [0.3, 0.4) is 0 Å². The second-order valence-corrected chi connectivity index (χ2v) is 7.05. The second-order valence-electron chi connectivity index (χ2n) is 7.05. The number of rotatable bonds is 5. The molecule has 3 N–H and O–H groups in total. The SMILES string of the molecule is Cc1ccccc1C[C@@]1(CO)CCCN(c2cc(C(N)=O)ccn2)C1. The molecule has 1 saturated heterocycles. The van der Waals surface area contributed by atoms with Crippen molar-refractivity contribution in [2.75, 3.05) is 24.6 Å². The molecule has 2 aromatic rings. The van der Waals surface area contributed by atoms with E-state index < -0.39 is 5.91 Å². The van der Waals surface area contributed by atoms with Gasteiger partial charge in [0.15, 0.2) is 0 Å². The molecular weight excluding hydrogens is 314 g/mol. The fourth-order valence-corrected chi connectivity index (χ4v) is 3.69. The number of nitrogens with zero attached hydrogens (tertiary/aromatic N) is 2. The van der Waals surface area contributed by atoms with Crippen molar-refractivity contribution in [1.29, 1.82) is 0 Å². The molecule has 1 aliphatic heterocycles. The lowest BCUT2D eigenvalue weighted by Gasteiger charge is -2.42. The van der Waals surface area contributed by atoms with Crippen molar-refractivity contribution in [3.63, 3.8) is 0 Å². The van der Waals surface area contributed by atoms with E-state index in [1.54, 1.807) is 18.3 Å². The van der Waals surface area contributed by atoms with E-state index in [0.29, 0.717) is 12.1 Å². The van der Waals surface area contributed by atoms with E-state index in [1.807, 2.05) is 12.1 Å². The molecule has 0 unspecified atom stereocenters. The third kappa shape index (κ3) is 3.82. The third-order valence-corrected chi connectivity index (χ3v) is 5.18. The van der Waals surface area contributed by atoms with Crippen LogP contribution in [0.1, 0.15) is 34.3 Å². The lowest BCUT2D eigenvalue weighted by molar-refractivity contribution is 0.0999. The number of aromatic nitrogens is 1. The summed E-state index contributed by atoms with van der Waals surface area (Å²) in [6.45, 7) is 3.82. The first-order chi connectivity index (χ1) is 12.0. The highest BCUT2D eigenvalue weighted by molar-refractivity contribution is 5.93. The van der Waals surface area contributed by atoms with Gasteiger partial charge in [0.25, 0.3) is 0 Å². The minimum atomic E-state index is -0.450. The zero-order chi connectivity index (χ0) is 17.9. The Morgan fingerprint density at radius 1 is 1.36 bits per heavy atom. The number of pyridine rings is 1. The fraction of sp³-hybridized carbons (Fsp3) is 0.400. The van der Waals surface area contributed by atoms with Crippen LogP contribution in [-0.4, -0.2) is 35.7 Å². The number of nitrogens with two attached hydrogens (primary N) is 1. The number of benzene rings is 1. The maximum atomic E-state index is 11.4. The van der Waals surface area contributed by atoms with Crippen molar-refractivity contribution in [2.24, 2.45) is 11.1 Å². The summed E-state index contributed by atoms with van der Waals surface area (Å²) in [5.41, 5.74) is 8.17. The van der Waals surface area contributed by atoms with Crippen LogP contribution in [0.4, 0.5) is 5.82 Å². The van der Waals surface area contributed by atoms with Gasteiger partial charge >= 0.3 is 0 Å². The zero-order valence-electron chi connectivity index (χ0n) is 14.6. The average Bonchev–Trinajstić information content (AvgIpc) is 2.64. The van der Waals surface area contributed by atoms with Crippen LogP contribution in [0.25, 0.3) is 0 Å². The number of hydrogen-bond donors (Lipinski definition) is 2. The van der Waals surface area contributed by atoms with Gasteiger partial charge in [0.2, 0.25) is 5.91 Å². The van der Waals surface area contributed by atoms with Crippen molar-refractivity contribution in [2.45, 2.75) is 26.2 Å². The zero-order valence-corrected chi connectivity index (χ0v) is 14.6. The minimum absolute atomic E-state index is 0.132. The van der Waals surface area contributed by atoms with Crippen molar-refractivity contribution in [1.82, 2.24) is 4.98 Å². The van der Waals surface area contributed by atoms with Gasteiger partial charge in [-0.1, -0.05) is 24.3 Å². The summed E-state index contributed by atoms with van der Waals surface area (Å²) in [6.07, 6.45) is 4.41. The molecule has 25 heavy (non-hydrogen) atoms. The van der Waals surface area contributed by atoms with Crippen LogP contribution in [0.5, 0.6) is 0 Å². The first kappa shape index (κ1) is 17.4.